The van der Waals surface area contributed by atoms with Crippen LogP contribution >= 0.6 is 0 Å². The number of fused-ring (bicyclic) bond motifs is 1. The van der Waals surface area contributed by atoms with Crippen LogP contribution in [-0.4, -0.2) is 9.97 Å². The number of H-pyrrole nitrogens is 1. The lowest BCUT2D eigenvalue weighted by molar-refractivity contribution is 0.603. The molecule has 1 aliphatic rings. The third kappa shape index (κ3) is 0.999. The topological polar surface area (TPSA) is 54.7 Å². The van der Waals surface area contributed by atoms with Gasteiger partial charge in [0.15, 0.2) is 0 Å². The van der Waals surface area contributed by atoms with Crippen molar-refractivity contribution in [2.24, 2.45) is 0 Å². The van der Waals surface area contributed by atoms with Gasteiger partial charge in [-0.25, -0.2) is 9.37 Å². The van der Waals surface area contributed by atoms with Crippen LogP contribution in [0.1, 0.15) is 24.5 Å². The summed E-state index contributed by atoms with van der Waals surface area (Å²) in [7, 11) is 0. The van der Waals surface area contributed by atoms with Crippen molar-refractivity contribution in [1.29, 1.82) is 0 Å². The Morgan fingerprint density at radius 1 is 1.50 bits per heavy atom. The van der Waals surface area contributed by atoms with Gasteiger partial charge in [-0.2, -0.15) is 0 Å². The maximum Gasteiger partial charge on any atom is 0.145 e. The highest BCUT2D eigenvalue weighted by Crippen LogP contribution is 2.41. The van der Waals surface area contributed by atoms with Crippen LogP contribution in [-0.2, 0) is 0 Å². The van der Waals surface area contributed by atoms with E-state index in [1.807, 2.05) is 0 Å². The molecule has 1 fully saturated rings. The van der Waals surface area contributed by atoms with Crippen molar-refractivity contribution >= 4 is 16.7 Å². The van der Waals surface area contributed by atoms with Gasteiger partial charge in [0.25, 0.3) is 0 Å². The van der Waals surface area contributed by atoms with Gasteiger partial charge in [0.05, 0.1) is 11.4 Å². The number of aromatic amines is 1. The summed E-state index contributed by atoms with van der Waals surface area (Å²) in [6.45, 7) is 0. The maximum atomic E-state index is 13.5. The first-order valence-electron chi connectivity index (χ1n) is 4.68. The van der Waals surface area contributed by atoms with Crippen LogP contribution in [0.2, 0.25) is 0 Å². The van der Waals surface area contributed by atoms with E-state index in [4.69, 9.17) is 5.73 Å². The normalized spacial score (nSPS) is 16.4. The molecule has 4 heteroatoms. The highest BCUT2D eigenvalue weighted by atomic mass is 19.1. The molecule has 0 bridgehead atoms. The van der Waals surface area contributed by atoms with Gasteiger partial charge in [0, 0.05) is 17.5 Å². The second-order valence-electron chi connectivity index (χ2n) is 3.77. The number of hydrogen-bond acceptors (Lipinski definition) is 2. The fourth-order valence-electron chi connectivity index (χ4n) is 1.70. The summed E-state index contributed by atoms with van der Waals surface area (Å²) in [6.07, 6.45) is 3.74. The zero-order chi connectivity index (χ0) is 9.71. The van der Waals surface area contributed by atoms with Crippen molar-refractivity contribution in [3.8, 4) is 0 Å². The summed E-state index contributed by atoms with van der Waals surface area (Å²) in [5, 5.41) is 0.673. The molecule has 0 aliphatic heterocycles. The van der Waals surface area contributed by atoms with E-state index in [1.165, 1.54) is 6.07 Å². The average molecular weight is 191 g/mol. The zero-order valence-electron chi connectivity index (χ0n) is 7.55. The number of pyridine rings is 1. The Hall–Kier alpha value is -1.58. The van der Waals surface area contributed by atoms with Crippen LogP contribution < -0.4 is 5.73 Å². The minimum atomic E-state index is -0.230. The highest BCUT2D eigenvalue weighted by Gasteiger charge is 2.28. The van der Waals surface area contributed by atoms with E-state index >= 15 is 0 Å². The third-order valence-electron chi connectivity index (χ3n) is 2.64. The molecule has 0 unspecified atom stereocenters. The molecule has 0 saturated heterocycles. The van der Waals surface area contributed by atoms with E-state index in [2.05, 4.69) is 9.97 Å². The standard InChI is InChI=1S/C10H10FN3/c11-7-3-6-8(12)4-13-10(6)14-9(7)5-1-2-5/h3-5H,1-2,12H2,(H,13,14). The molecule has 2 heterocycles. The SMILES string of the molecule is Nc1c[nH]c2nc(C3CC3)c(F)cc12. The van der Waals surface area contributed by atoms with Crippen LogP contribution in [0.4, 0.5) is 10.1 Å². The molecular formula is C10H10FN3. The summed E-state index contributed by atoms with van der Waals surface area (Å²) in [6, 6.07) is 1.47. The maximum absolute atomic E-state index is 13.5. The fourth-order valence-corrected chi connectivity index (χ4v) is 1.70. The minimum absolute atomic E-state index is 0.230. The molecule has 0 amide bonds. The summed E-state index contributed by atoms with van der Waals surface area (Å²) >= 11 is 0. The molecule has 0 radical (unpaired) electrons. The Labute approximate surface area is 80.1 Å². The minimum Gasteiger partial charge on any atom is -0.397 e. The summed E-state index contributed by atoms with van der Waals surface area (Å²) in [5.74, 6) is 0.0928. The number of rotatable bonds is 1. The van der Waals surface area contributed by atoms with Gasteiger partial charge in [-0.3, -0.25) is 0 Å². The van der Waals surface area contributed by atoms with Crippen molar-refractivity contribution < 1.29 is 4.39 Å². The number of nitrogens with zero attached hydrogens (tertiary/aromatic N) is 1. The van der Waals surface area contributed by atoms with Crippen molar-refractivity contribution in [2.45, 2.75) is 18.8 Å². The Bertz CT molecular complexity index is 499. The van der Waals surface area contributed by atoms with E-state index in [1.54, 1.807) is 6.20 Å². The molecule has 3 nitrogen and oxygen atoms in total. The van der Waals surface area contributed by atoms with E-state index in [0.29, 0.717) is 28.3 Å². The predicted molar refractivity (Wildman–Crippen MR) is 52.4 cm³/mol. The first-order chi connectivity index (χ1) is 6.75. The Morgan fingerprint density at radius 3 is 3.00 bits per heavy atom. The number of nitrogen functional groups attached to an aromatic ring is 1. The van der Waals surface area contributed by atoms with Gasteiger partial charge in [0.2, 0.25) is 0 Å². The number of nitrogens with one attached hydrogen (secondary N) is 1. The molecule has 0 atom stereocenters. The molecule has 1 saturated carbocycles. The van der Waals surface area contributed by atoms with Crippen molar-refractivity contribution in [1.82, 2.24) is 9.97 Å². The van der Waals surface area contributed by atoms with E-state index < -0.39 is 0 Å². The Balaban J connectivity index is 2.28. The number of nitrogens with two attached hydrogens (primary N) is 1. The Morgan fingerprint density at radius 2 is 2.29 bits per heavy atom. The second-order valence-corrected chi connectivity index (χ2v) is 3.77. The largest absolute Gasteiger partial charge is 0.397 e. The summed E-state index contributed by atoms with van der Waals surface area (Å²) in [5.41, 5.74) is 7.47. The van der Waals surface area contributed by atoms with Crippen LogP contribution in [0.15, 0.2) is 12.3 Å². The molecule has 14 heavy (non-hydrogen) atoms. The molecule has 0 aromatic carbocycles. The first-order valence-corrected chi connectivity index (χ1v) is 4.68. The third-order valence-corrected chi connectivity index (χ3v) is 2.64. The van der Waals surface area contributed by atoms with Gasteiger partial charge in [-0.05, 0) is 18.9 Å². The lowest BCUT2D eigenvalue weighted by Crippen LogP contribution is -1.93. The fraction of sp³-hybridized carbons (Fsp3) is 0.300. The lowest BCUT2D eigenvalue weighted by Gasteiger charge is -2.00. The molecule has 2 aromatic rings. The monoisotopic (exact) mass is 191 g/mol. The van der Waals surface area contributed by atoms with Crippen molar-refractivity contribution in [3.63, 3.8) is 0 Å². The number of anilines is 1. The van der Waals surface area contributed by atoms with Gasteiger partial charge < -0.3 is 10.7 Å². The average Bonchev–Trinajstić information content (AvgIpc) is 2.94. The summed E-state index contributed by atoms with van der Waals surface area (Å²) in [4.78, 5) is 7.18. The smallest absolute Gasteiger partial charge is 0.145 e. The molecule has 0 spiro atoms. The van der Waals surface area contributed by atoms with Crippen LogP contribution in [0, 0.1) is 5.82 Å². The molecule has 72 valence electrons. The van der Waals surface area contributed by atoms with Gasteiger partial charge in [-0.1, -0.05) is 0 Å². The van der Waals surface area contributed by atoms with Crippen molar-refractivity contribution in [2.75, 3.05) is 5.73 Å². The quantitative estimate of drug-likeness (QED) is 0.725. The van der Waals surface area contributed by atoms with E-state index in [0.717, 1.165) is 12.8 Å². The van der Waals surface area contributed by atoms with Crippen molar-refractivity contribution in [3.05, 3.63) is 23.8 Å². The van der Waals surface area contributed by atoms with Crippen LogP contribution in [0.25, 0.3) is 11.0 Å². The van der Waals surface area contributed by atoms with E-state index in [-0.39, 0.29) is 5.82 Å². The van der Waals surface area contributed by atoms with Crippen LogP contribution in [0.3, 0.4) is 0 Å². The predicted octanol–water partition coefficient (Wildman–Crippen LogP) is 2.16. The summed E-state index contributed by atoms with van der Waals surface area (Å²) < 4.78 is 13.5. The molecule has 3 N–H and O–H groups in total. The molecule has 3 rings (SSSR count). The lowest BCUT2D eigenvalue weighted by atomic mass is 10.2. The van der Waals surface area contributed by atoms with Gasteiger partial charge in [0.1, 0.15) is 11.5 Å². The molecule has 2 aromatic heterocycles. The van der Waals surface area contributed by atoms with Crippen LogP contribution in [0.5, 0.6) is 0 Å². The zero-order valence-corrected chi connectivity index (χ0v) is 7.55. The number of hydrogen-bond donors (Lipinski definition) is 2. The molecule has 1 aliphatic carbocycles. The first kappa shape index (κ1) is 7.79. The van der Waals surface area contributed by atoms with Gasteiger partial charge in [-0.15, -0.1) is 0 Å². The highest BCUT2D eigenvalue weighted by molar-refractivity contribution is 5.88. The molecular weight excluding hydrogens is 181 g/mol. The number of halogens is 1. The second kappa shape index (κ2) is 2.47. The van der Waals surface area contributed by atoms with E-state index in [9.17, 15) is 4.39 Å². The van der Waals surface area contributed by atoms with Gasteiger partial charge >= 0.3 is 0 Å². The Kier molecular flexibility index (Phi) is 1.37. The number of aromatic nitrogens is 2.